The Balaban J connectivity index is 1.72. The highest BCUT2D eigenvalue weighted by Gasteiger charge is 2.04. The number of nitrogens with one attached hydrogen (secondary N) is 1. The summed E-state index contributed by atoms with van der Waals surface area (Å²) < 4.78 is 2.12. The fraction of sp³-hybridized carbons (Fsp3) is 0.0588. The van der Waals surface area contributed by atoms with Crippen LogP contribution in [0.15, 0.2) is 68.0 Å². The predicted molar refractivity (Wildman–Crippen MR) is 105 cm³/mol. The van der Waals surface area contributed by atoms with E-state index in [-0.39, 0.29) is 0 Å². The van der Waals surface area contributed by atoms with Crippen molar-refractivity contribution in [2.75, 3.05) is 5.43 Å². The molecule has 23 heavy (non-hydrogen) atoms. The van der Waals surface area contributed by atoms with Gasteiger partial charge in [-0.25, -0.2) is 4.98 Å². The summed E-state index contributed by atoms with van der Waals surface area (Å²) in [5.74, 6) is 0. The quantitative estimate of drug-likeness (QED) is 0.381. The average Bonchev–Trinajstić information content (AvgIpc) is 3.03. The molecule has 0 radical (unpaired) electrons. The van der Waals surface area contributed by atoms with Gasteiger partial charge < -0.3 is 0 Å². The lowest BCUT2D eigenvalue weighted by atomic mass is 10.1. The second-order valence-corrected chi connectivity index (χ2v) is 7.55. The van der Waals surface area contributed by atoms with Gasteiger partial charge in [0, 0.05) is 19.9 Å². The first-order chi connectivity index (χ1) is 11.1. The summed E-state index contributed by atoms with van der Waals surface area (Å²) in [7, 11) is 0. The normalized spacial score (nSPS) is 11.5. The summed E-state index contributed by atoms with van der Waals surface area (Å²) in [5, 5.41) is 7.21. The topological polar surface area (TPSA) is 37.3 Å². The SMILES string of the molecule is CC(=NNc1nc(-c2ccc(Br)cc2)cs1)c1ccc(Br)cc1. The van der Waals surface area contributed by atoms with Gasteiger partial charge in [0.05, 0.1) is 11.4 Å². The van der Waals surface area contributed by atoms with Crippen LogP contribution in [0.3, 0.4) is 0 Å². The lowest BCUT2D eigenvalue weighted by Gasteiger charge is -2.01. The van der Waals surface area contributed by atoms with Crippen molar-refractivity contribution < 1.29 is 0 Å². The molecular weight excluding hydrogens is 438 g/mol. The number of anilines is 1. The van der Waals surface area contributed by atoms with E-state index in [0.29, 0.717) is 0 Å². The van der Waals surface area contributed by atoms with Gasteiger partial charge in [0.2, 0.25) is 5.13 Å². The number of nitrogens with zero attached hydrogens (tertiary/aromatic N) is 2. The Bertz CT molecular complexity index is 824. The molecule has 3 aromatic rings. The van der Waals surface area contributed by atoms with Crippen molar-refractivity contribution in [3.63, 3.8) is 0 Å². The fourth-order valence-electron chi connectivity index (χ4n) is 1.97. The molecule has 116 valence electrons. The molecule has 0 atom stereocenters. The number of rotatable bonds is 4. The maximum absolute atomic E-state index is 4.57. The molecule has 0 aliphatic heterocycles. The summed E-state index contributed by atoms with van der Waals surface area (Å²) in [6.45, 7) is 1.97. The van der Waals surface area contributed by atoms with Crippen LogP contribution >= 0.6 is 43.2 Å². The molecule has 0 fully saturated rings. The molecule has 1 aromatic heterocycles. The zero-order valence-corrected chi connectivity index (χ0v) is 16.2. The van der Waals surface area contributed by atoms with Crippen LogP contribution in [0.4, 0.5) is 5.13 Å². The van der Waals surface area contributed by atoms with Gasteiger partial charge in [-0.15, -0.1) is 11.3 Å². The first-order valence-electron chi connectivity index (χ1n) is 6.89. The van der Waals surface area contributed by atoms with E-state index >= 15 is 0 Å². The Morgan fingerprint density at radius 2 is 1.61 bits per heavy atom. The van der Waals surface area contributed by atoms with Crippen LogP contribution in [-0.2, 0) is 0 Å². The number of thiazole rings is 1. The monoisotopic (exact) mass is 449 g/mol. The molecule has 0 aliphatic carbocycles. The molecule has 3 nitrogen and oxygen atoms in total. The standard InChI is InChI=1S/C17H13Br2N3S/c1-11(12-2-6-14(18)7-3-12)21-22-17-20-16(10-23-17)13-4-8-15(19)9-5-13/h2-10H,1H3,(H,20,22). The van der Waals surface area contributed by atoms with E-state index in [1.54, 1.807) is 0 Å². The highest BCUT2D eigenvalue weighted by atomic mass is 79.9. The van der Waals surface area contributed by atoms with Crippen LogP contribution in [0.2, 0.25) is 0 Å². The van der Waals surface area contributed by atoms with E-state index in [1.807, 2.05) is 60.8 Å². The Morgan fingerprint density at radius 1 is 1.00 bits per heavy atom. The third-order valence-corrected chi connectivity index (χ3v) is 5.03. The van der Waals surface area contributed by atoms with Crippen molar-refractivity contribution in [1.82, 2.24) is 4.98 Å². The smallest absolute Gasteiger partial charge is 0.203 e. The van der Waals surface area contributed by atoms with Gasteiger partial charge in [-0.2, -0.15) is 5.10 Å². The van der Waals surface area contributed by atoms with Crippen LogP contribution in [-0.4, -0.2) is 10.7 Å². The summed E-state index contributed by atoms with van der Waals surface area (Å²) in [6.07, 6.45) is 0. The zero-order valence-electron chi connectivity index (χ0n) is 12.3. The molecule has 0 bridgehead atoms. The maximum atomic E-state index is 4.57. The molecule has 0 aliphatic rings. The minimum Gasteiger partial charge on any atom is -0.252 e. The molecule has 1 heterocycles. The molecule has 0 unspecified atom stereocenters. The second kappa shape index (κ2) is 7.38. The number of hydrazone groups is 1. The molecule has 0 spiro atoms. The average molecular weight is 451 g/mol. The van der Waals surface area contributed by atoms with Crippen molar-refractivity contribution in [3.05, 3.63) is 68.4 Å². The van der Waals surface area contributed by atoms with Crippen LogP contribution in [0.1, 0.15) is 12.5 Å². The molecular formula is C17H13Br2N3S. The Hall–Kier alpha value is -1.50. The number of benzene rings is 2. The number of aromatic nitrogens is 1. The van der Waals surface area contributed by atoms with E-state index in [2.05, 4.69) is 47.4 Å². The summed E-state index contributed by atoms with van der Waals surface area (Å²) in [6, 6.07) is 16.2. The fourth-order valence-corrected chi connectivity index (χ4v) is 3.16. The highest BCUT2D eigenvalue weighted by molar-refractivity contribution is 9.10. The lowest BCUT2D eigenvalue weighted by molar-refractivity contribution is 1.27. The molecule has 0 saturated heterocycles. The van der Waals surface area contributed by atoms with Crippen molar-refractivity contribution >= 4 is 54.0 Å². The van der Waals surface area contributed by atoms with Crippen LogP contribution < -0.4 is 5.43 Å². The van der Waals surface area contributed by atoms with Crippen LogP contribution in [0, 0.1) is 0 Å². The number of hydrogen-bond acceptors (Lipinski definition) is 4. The van der Waals surface area contributed by atoms with Crippen LogP contribution in [0.25, 0.3) is 11.3 Å². The van der Waals surface area contributed by atoms with Gasteiger partial charge in [-0.05, 0) is 36.8 Å². The summed E-state index contributed by atoms with van der Waals surface area (Å²) >= 11 is 8.41. The van der Waals surface area contributed by atoms with Crippen LogP contribution in [0.5, 0.6) is 0 Å². The largest absolute Gasteiger partial charge is 0.252 e. The third kappa shape index (κ3) is 4.28. The van der Waals surface area contributed by atoms with Crippen molar-refractivity contribution in [2.45, 2.75) is 6.92 Å². The molecule has 3 rings (SSSR count). The van der Waals surface area contributed by atoms with E-state index in [4.69, 9.17) is 0 Å². The molecule has 1 N–H and O–H groups in total. The first kappa shape index (κ1) is 16.4. The van der Waals surface area contributed by atoms with E-state index in [0.717, 1.165) is 36.6 Å². The Morgan fingerprint density at radius 3 is 2.26 bits per heavy atom. The Labute approximate surface area is 155 Å². The molecule has 0 saturated carbocycles. The Kier molecular flexibility index (Phi) is 5.25. The zero-order chi connectivity index (χ0) is 16.2. The summed E-state index contributed by atoms with van der Waals surface area (Å²) in [5.41, 5.74) is 7.06. The van der Waals surface area contributed by atoms with E-state index in [1.165, 1.54) is 11.3 Å². The van der Waals surface area contributed by atoms with Crippen molar-refractivity contribution in [3.8, 4) is 11.3 Å². The minimum absolute atomic E-state index is 0.777. The van der Waals surface area contributed by atoms with E-state index < -0.39 is 0 Å². The minimum atomic E-state index is 0.777. The van der Waals surface area contributed by atoms with Gasteiger partial charge in [0.1, 0.15) is 0 Å². The third-order valence-electron chi connectivity index (χ3n) is 3.23. The van der Waals surface area contributed by atoms with Crippen molar-refractivity contribution in [2.24, 2.45) is 5.10 Å². The maximum Gasteiger partial charge on any atom is 0.203 e. The van der Waals surface area contributed by atoms with Gasteiger partial charge in [-0.3, -0.25) is 5.43 Å². The molecule has 0 amide bonds. The molecule has 6 heteroatoms. The number of hydrogen-bond donors (Lipinski definition) is 1. The van der Waals surface area contributed by atoms with E-state index in [9.17, 15) is 0 Å². The van der Waals surface area contributed by atoms with Crippen molar-refractivity contribution in [1.29, 1.82) is 0 Å². The first-order valence-corrected chi connectivity index (χ1v) is 9.36. The summed E-state index contributed by atoms with van der Waals surface area (Å²) in [4.78, 5) is 4.57. The number of halogens is 2. The van der Waals surface area contributed by atoms with Gasteiger partial charge in [0.15, 0.2) is 0 Å². The van der Waals surface area contributed by atoms with Gasteiger partial charge in [-0.1, -0.05) is 56.1 Å². The molecule has 2 aromatic carbocycles. The van der Waals surface area contributed by atoms with Gasteiger partial charge >= 0.3 is 0 Å². The predicted octanol–water partition coefficient (Wildman–Crippen LogP) is 6.17. The lowest BCUT2D eigenvalue weighted by Crippen LogP contribution is -1.99. The highest BCUT2D eigenvalue weighted by Crippen LogP contribution is 2.26. The van der Waals surface area contributed by atoms with Gasteiger partial charge in [0.25, 0.3) is 0 Å². The second-order valence-electron chi connectivity index (χ2n) is 4.86.